The molecule has 0 amide bonds. The van der Waals surface area contributed by atoms with Gasteiger partial charge in [0.1, 0.15) is 5.15 Å². The SMILES string of the molecule is Cn1c(CNc2nnnn2-c2ccccc2)cc(Cl)c1Cl. The highest BCUT2D eigenvalue weighted by Gasteiger charge is 2.11. The van der Waals surface area contributed by atoms with Crippen LogP contribution in [0.3, 0.4) is 0 Å². The number of aromatic nitrogens is 5. The van der Waals surface area contributed by atoms with Gasteiger partial charge in [0.05, 0.1) is 17.3 Å². The third-order valence-corrected chi connectivity index (χ3v) is 3.96. The summed E-state index contributed by atoms with van der Waals surface area (Å²) in [6, 6.07) is 11.5. The van der Waals surface area contributed by atoms with Crippen LogP contribution in [0.5, 0.6) is 0 Å². The predicted molar refractivity (Wildman–Crippen MR) is 81.9 cm³/mol. The lowest BCUT2D eigenvalue weighted by atomic mass is 10.3. The van der Waals surface area contributed by atoms with Gasteiger partial charge in [0, 0.05) is 12.7 Å². The summed E-state index contributed by atoms with van der Waals surface area (Å²) in [6.07, 6.45) is 0. The fraction of sp³-hybridized carbons (Fsp3) is 0.154. The number of nitrogens with one attached hydrogen (secondary N) is 1. The van der Waals surface area contributed by atoms with Crippen molar-refractivity contribution in [2.45, 2.75) is 6.54 Å². The zero-order valence-corrected chi connectivity index (χ0v) is 12.7. The van der Waals surface area contributed by atoms with Crippen molar-refractivity contribution in [3.05, 3.63) is 52.3 Å². The van der Waals surface area contributed by atoms with E-state index in [1.165, 1.54) is 0 Å². The van der Waals surface area contributed by atoms with Gasteiger partial charge in [-0.2, -0.15) is 4.68 Å². The number of tetrazole rings is 1. The molecule has 1 aromatic carbocycles. The summed E-state index contributed by atoms with van der Waals surface area (Å²) >= 11 is 12.0. The molecular weight excluding hydrogens is 311 g/mol. The number of benzene rings is 1. The highest BCUT2D eigenvalue weighted by atomic mass is 35.5. The van der Waals surface area contributed by atoms with Crippen LogP contribution < -0.4 is 5.32 Å². The molecule has 108 valence electrons. The molecule has 6 nitrogen and oxygen atoms in total. The number of anilines is 1. The van der Waals surface area contributed by atoms with E-state index in [0.717, 1.165) is 11.4 Å². The van der Waals surface area contributed by atoms with Crippen LogP contribution in [0.4, 0.5) is 5.95 Å². The molecule has 0 spiro atoms. The predicted octanol–water partition coefficient (Wildman–Crippen LogP) is 2.92. The first kappa shape index (κ1) is 13.9. The van der Waals surface area contributed by atoms with Crippen molar-refractivity contribution in [1.29, 1.82) is 0 Å². The molecular formula is C13H12Cl2N6. The summed E-state index contributed by atoms with van der Waals surface area (Å²) < 4.78 is 3.44. The molecule has 0 saturated heterocycles. The molecule has 2 heterocycles. The van der Waals surface area contributed by atoms with Crippen LogP contribution >= 0.6 is 23.2 Å². The summed E-state index contributed by atoms with van der Waals surface area (Å²) in [5, 5.41) is 15.9. The zero-order valence-electron chi connectivity index (χ0n) is 11.2. The molecule has 0 aliphatic rings. The van der Waals surface area contributed by atoms with Gasteiger partial charge >= 0.3 is 0 Å². The van der Waals surface area contributed by atoms with E-state index in [-0.39, 0.29) is 0 Å². The largest absolute Gasteiger partial charge is 0.347 e. The maximum atomic E-state index is 6.04. The minimum atomic E-state index is 0.510. The third-order valence-electron chi connectivity index (χ3n) is 3.11. The Labute approximate surface area is 131 Å². The monoisotopic (exact) mass is 322 g/mol. The van der Waals surface area contributed by atoms with E-state index >= 15 is 0 Å². The van der Waals surface area contributed by atoms with Gasteiger partial charge in [0.2, 0.25) is 5.95 Å². The Morgan fingerprint density at radius 2 is 1.95 bits per heavy atom. The van der Waals surface area contributed by atoms with Gasteiger partial charge in [0.25, 0.3) is 0 Å². The summed E-state index contributed by atoms with van der Waals surface area (Å²) in [7, 11) is 1.85. The number of hydrogen-bond donors (Lipinski definition) is 1. The molecule has 0 fully saturated rings. The first-order valence-corrected chi connectivity index (χ1v) is 6.99. The van der Waals surface area contributed by atoms with E-state index in [1.54, 1.807) is 4.68 Å². The smallest absolute Gasteiger partial charge is 0.248 e. The van der Waals surface area contributed by atoms with E-state index < -0.39 is 0 Å². The van der Waals surface area contributed by atoms with Gasteiger partial charge in [-0.25, -0.2) is 0 Å². The molecule has 0 atom stereocenters. The minimum Gasteiger partial charge on any atom is -0.347 e. The van der Waals surface area contributed by atoms with E-state index in [4.69, 9.17) is 23.2 Å². The van der Waals surface area contributed by atoms with Crippen LogP contribution in [-0.2, 0) is 13.6 Å². The van der Waals surface area contributed by atoms with E-state index in [2.05, 4.69) is 20.8 Å². The fourth-order valence-corrected chi connectivity index (χ4v) is 2.38. The van der Waals surface area contributed by atoms with Crippen LogP contribution in [0.25, 0.3) is 5.69 Å². The molecule has 2 aromatic heterocycles. The Hall–Kier alpha value is -2.05. The van der Waals surface area contributed by atoms with Crippen LogP contribution in [0, 0.1) is 0 Å². The average molecular weight is 323 g/mol. The van der Waals surface area contributed by atoms with Crippen LogP contribution in [0.1, 0.15) is 5.69 Å². The fourth-order valence-electron chi connectivity index (χ4n) is 1.97. The van der Waals surface area contributed by atoms with E-state index in [0.29, 0.717) is 22.7 Å². The Balaban J connectivity index is 1.81. The summed E-state index contributed by atoms with van der Waals surface area (Å²) in [5.74, 6) is 0.551. The van der Waals surface area contributed by atoms with Crippen molar-refractivity contribution >= 4 is 29.2 Å². The van der Waals surface area contributed by atoms with Crippen LogP contribution in [0.15, 0.2) is 36.4 Å². The normalized spacial score (nSPS) is 10.8. The molecule has 8 heteroatoms. The Morgan fingerprint density at radius 3 is 2.62 bits per heavy atom. The number of halogens is 2. The number of hydrogen-bond acceptors (Lipinski definition) is 4. The summed E-state index contributed by atoms with van der Waals surface area (Å²) in [6.45, 7) is 0.510. The molecule has 0 saturated carbocycles. The van der Waals surface area contributed by atoms with Crippen molar-refractivity contribution in [3.63, 3.8) is 0 Å². The van der Waals surface area contributed by atoms with Crippen molar-refractivity contribution in [2.24, 2.45) is 7.05 Å². The third kappa shape index (κ3) is 2.72. The Bertz CT molecular complexity index is 749. The Morgan fingerprint density at radius 1 is 1.19 bits per heavy atom. The second-order valence-electron chi connectivity index (χ2n) is 4.44. The van der Waals surface area contributed by atoms with Gasteiger partial charge in [-0.05, 0) is 28.6 Å². The minimum absolute atomic E-state index is 0.510. The molecule has 0 aliphatic heterocycles. The van der Waals surface area contributed by atoms with Crippen LogP contribution in [0.2, 0.25) is 10.2 Å². The molecule has 0 unspecified atom stereocenters. The van der Waals surface area contributed by atoms with Crippen molar-refractivity contribution in [1.82, 2.24) is 24.8 Å². The van der Waals surface area contributed by atoms with E-state index in [9.17, 15) is 0 Å². The lowest BCUT2D eigenvalue weighted by Gasteiger charge is -2.08. The lowest BCUT2D eigenvalue weighted by Crippen LogP contribution is -2.09. The summed E-state index contributed by atoms with van der Waals surface area (Å²) in [5.41, 5.74) is 1.82. The molecule has 3 aromatic rings. The topological polar surface area (TPSA) is 60.6 Å². The van der Waals surface area contributed by atoms with Gasteiger partial charge < -0.3 is 9.88 Å². The lowest BCUT2D eigenvalue weighted by molar-refractivity contribution is 0.786. The van der Waals surface area contributed by atoms with Gasteiger partial charge in [-0.3, -0.25) is 0 Å². The molecule has 21 heavy (non-hydrogen) atoms. The zero-order chi connectivity index (χ0) is 14.8. The number of nitrogens with zero attached hydrogens (tertiary/aromatic N) is 5. The Kier molecular flexibility index (Phi) is 3.81. The van der Waals surface area contributed by atoms with Gasteiger partial charge in [0.15, 0.2) is 0 Å². The second kappa shape index (κ2) is 5.75. The number of para-hydroxylation sites is 1. The molecule has 3 rings (SSSR count). The van der Waals surface area contributed by atoms with Crippen LogP contribution in [-0.4, -0.2) is 24.8 Å². The second-order valence-corrected chi connectivity index (χ2v) is 5.20. The van der Waals surface area contributed by atoms with Gasteiger partial charge in [-0.1, -0.05) is 46.5 Å². The molecule has 0 radical (unpaired) electrons. The van der Waals surface area contributed by atoms with Crippen molar-refractivity contribution in [2.75, 3.05) is 5.32 Å². The quantitative estimate of drug-likeness (QED) is 0.802. The average Bonchev–Trinajstić information content (AvgIpc) is 3.07. The first-order chi connectivity index (χ1) is 10.2. The first-order valence-electron chi connectivity index (χ1n) is 6.24. The van der Waals surface area contributed by atoms with Crippen molar-refractivity contribution in [3.8, 4) is 5.69 Å². The summed E-state index contributed by atoms with van der Waals surface area (Å²) in [4.78, 5) is 0. The highest BCUT2D eigenvalue weighted by molar-refractivity contribution is 6.41. The maximum absolute atomic E-state index is 6.04. The standard InChI is InChI=1S/C13H12Cl2N6/c1-20-10(7-11(14)12(20)15)8-16-13-17-18-19-21(13)9-5-3-2-4-6-9/h2-7H,8H2,1H3,(H,16,17,19). The maximum Gasteiger partial charge on any atom is 0.248 e. The van der Waals surface area contributed by atoms with E-state index in [1.807, 2.05) is 48.0 Å². The molecule has 0 bridgehead atoms. The van der Waals surface area contributed by atoms with Crippen molar-refractivity contribution < 1.29 is 0 Å². The highest BCUT2D eigenvalue weighted by Crippen LogP contribution is 2.25. The molecule has 0 aliphatic carbocycles. The van der Waals surface area contributed by atoms with Gasteiger partial charge in [-0.15, -0.1) is 0 Å². The number of rotatable bonds is 4. The molecule has 1 N–H and O–H groups in total.